The average molecular weight is 387 g/mol. The molecule has 0 saturated heterocycles. The Kier molecular flexibility index (Phi) is 11.9. The molecule has 1 atom stereocenters. The molecule has 0 spiro atoms. The van der Waals surface area contributed by atoms with Crippen LogP contribution >= 0.6 is 11.8 Å². The summed E-state index contributed by atoms with van der Waals surface area (Å²) in [6, 6.07) is 4.50. The van der Waals surface area contributed by atoms with Crippen molar-refractivity contribution in [1.29, 1.82) is 0 Å². The summed E-state index contributed by atoms with van der Waals surface area (Å²) >= 11 is 1.98. The van der Waals surface area contributed by atoms with E-state index in [0.717, 1.165) is 23.7 Å². The normalized spacial score (nSPS) is 13.4. The van der Waals surface area contributed by atoms with Crippen LogP contribution in [0.3, 0.4) is 0 Å². The van der Waals surface area contributed by atoms with E-state index in [1.165, 1.54) is 41.5 Å². The molecule has 0 aromatic carbocycles. The van der Waals surface area contributed by atoms with Crippen LogP contribution in [0.15, 0.2) is 53.3 Å². The van der Waals surface area contributed by atoms with Gasteiger partial charge in [0.1, 0.15) is 5.82 Å². The molecular formula is C24H38N2S. The van der Waals surface area contributed by atoms with E-state index < -0.39 is 0 Å². The number of nitrogens with zero attached hydrogens (tertiary/aromatic N) is 1. The highest BCUT2D eigenvalue weighted by Gasteiger charge is 2.04. The molecule has 2 nitrogen and oxygen atoms in total. The zero-order valence-corrected chi connectivity index (χ0v) is 19.0. The van der Waals surface area contributed by atoms with Gasteiger partial charge in [0.25, 0.3) is 0 Å². The summed E-state index contributed by atoms with van der Waals surface area (Å²) in [4.78, 5) is 4.41. The average Bonchev–Trinajstić information content (AvgIpc) is 2.60. The lowest BCUT2D eigenvalue weighted by Gasteiger charge is -2.15. The molecule has 3 heteroatoms. The van der Waals surface area contributed by atoms with E-state index in [1.807, 2.05) is 24.0 Å². The highest BCUT2D eigenvalue weighted by molar-refractivity contribution is 7.99. The van der Waals surface area contributed by atoms with Crippen LogP contribution in [0.25, 0.3) is 0 Å². The first-order valence-electron chi connectivity index (χ1n) is 10.1. The molecule has 1 rings (SSSR count). The lowest BCUT2D eigenvalue weighted by molar-refractivity contribution is 0.898. The fourth-order valence-electron chi connectivity index (χ4n) is 2.70. The highest BCUT2D eigenvalue weighted by Crippen LogP contribution is 2.15. The van der Waals surface area contributed by atoms with E-state index >= 15 is 0 Å². The molecule has 1 unspecified atom stereocenters. The second-order valence-corrected chi connectivity index (χ2v) is 8.79. The first-order chi connectivity index (χ1) is 12.9. The summed E-state index contributed by atoms with van der Waals surface area (Å²) < 4.78 is 0. The van der Waals surface area contributed by atoms with Crippen LogP contribution in [0.1, 0.15) is 65.9 Å². The van der Waals surface area contributed by atoms with E-state index in [-0.39, 0.29) is 0 Å². The first kappa shape index (κ1) is 23.6. The number of nitrogens with one attached hydrogen (secondary N) is 1. The third-order valence-corrected chi connectivity index (χ3v) is 5.57. The van der Waals surface area contributed by atoms with Crippen molar-refractivity contribution in [3.63, 3.8) is 0 Å². The van der Waals surface area contributed by atoms with Crippen molar-refractivity contribution in [2.24, 2.45) is 0 Å². The Bertz CT molecular complexity index is 640. The molecule has 1 aromatic rings. The Hall–Kier alpha value is -1.48. The Labute approximate surface area is 171 Å². The van der Waals surface area contributed by atoms with Crippen LogP contribution in [0.2, 0.25) is 0 Å². The topological polar surface area (TPSA) is 24.9 Å². The molecule has 0 saturated carbocycles. The van der Waals surface area contributed by atoms with Gasteiger partial charge in [-0.25, -0.2) is 4.98 Å². The molecule has 0 bridgehead atoms. The van der Waals surface area contributed by atoms with Gasteiger partial charge in [0.2, 0.25) is 0 Å². The molecule has 0 aliphatic carbocycles. The summed E-state index contributed by atoms with van der Waals surface area (Å²) in [5.74, 6) is 3.18. The Morgan fingerprint density at radius 2 is 1.74 bits per heavy atom. The third kappa shape index (κ3) is 11.8. The standard InChI is InChI=1S/C24H38N2S/c1-19(2)10-7-11-20(3)12-8-13-21(4)15-17-27-18-23(6)26-24-22(5)14-9-16-25-24/h9-10,12,14-16,23H,7-8,11,13,17-18H2,1-6H3,(H,25,26)/b20-12+,21-15+. The molecule has 27 heavy (non-hydrogen) atoms. The number of aromatic nitrogens is 1. The third-order valence-electron chi connectivity index (χ3n) is 4.43. The summed E-state index contributed by atoms with van der Waals surface area (Å²) in [6.45, 7) is 13.2. The summed E-state index contributed by atoms with van der Waals surface area (Å²) in [5, 5.41) is 3.50. The van der Waals surface area contributed by atoms with Gasteiger partial charge >= 0.3 is 0 Å². The Morgan fingerprint density at radius 1 is 1.07 bits per heavy atom. The second-order valence-electron chi connectivity index (χ2n) is 7.71. The number of anilines is 1. The second kappa shape index (κ2) is 13.7. The van der Waals surface area contributed by atoms with Gasteiger partial charge in [-0.1, -0.05) is 41.0 Å². The quantitative estimate of drug-likeness (QED) is 0.300. The molecule has 0 aliphatic heterocycles. The monoisotopic (exact) mass is 386 g/mol. The van der Waals surface area contributed by atoms with Crippen LogP contribution in [-0.2, 0) is 0 Å². The minimum atomic E-state index is 0.420. The summed E-state index contributed by atoms with van der Waals surface area (Å²) in [5.41, 5.74) is 5.63. The molecule has 1 aromatic heterocycles. The Morgan fingerprint density at radius 3 is 2.41 bits per heavy atom. The SMILES string of the molecule is CC(C)=CCC/C(C)=C/CC/C(C)=C/CSCC(C)Nc1ncccc1C. The smallest absolute Gasteiger partial charge is 0.129 e. The van der Waals surface area contributed by atoms with Gasteiger partial charge in [-0.2, -0.15) is 11.8 Å². The minimum Gasteiger partial charge on any atom is -0.367 e. The van der Waals surface area contributed by atoms with Crippen LogP contribution in [0.5, 0.6) is 0 Å². The van der Waals surface area contributed by atoms with Crippen LogP contribution in [-0.4, -0.2) is 22.5 Å². The van der Waals surface area contributed by atoms with E-state index in [2.05, 4.69) is 76.1 Å². The maximum absolute atomic E-state index is 4.41. The molecule has 150 valence electrons. The molecule has 0 aliphatic rings. The van der Waals surface area contributed by atoms with Crippen molar-refractivity contribution in [2.45, 2.75) is 73.3 Å². The number of hydrogen-bond donors (Lipinski definition) is 1. The molecular weight excluding hydrogens is 348 g/mol. The lowest BCUT2D eigenvalue weighted by atomic mass is 10.1. The van der Waals surface area contributed by atoms with Gasteiger partial charge in [-0.3, -0.25) is 0 Å². The number of pyridine rings is 1. The predicted octanol–water partition coefficient (Wildman–Crippen LogP) is 7.34. The number of rotatable bonds is 12. The van der Waals surface area contributed by atoms with E-state index in [0.29, 0.717) is 6.04 Å². The lowest BCUT2D eigenvalue weighted by Crippen LogP contribution is -2.19. The van der Waals surface area contributed by atoms with Gasteiger partial charge in [0, 0.05) is 23.7 Å². The maximum atomic E-state index is 4.41. The fraction of sp³-hybridized carbons (Fsp3) is 0.542. The summed E-state index contributed by atoms with van der Waals surface area (Å²) in [6.07, 6.45) is 13.6. The van der Waals surface area contributed by atoms with E-state index in [9.17, 15) is 0 Å². The zero-order chi connectivity index (χ0) is 20.1. The van der Waals surface area contributed by atoms with Crippen molar-refractivity contribution in [2.75, 3.05) is 16.8 Å². The first-order valence-corrected chi connectivity index (χ1v) is 11.2. The van der Waals surface area contributed by atoms with Crippen LogP contribution < -0.4 is 5.32 Å². The van der Waals surface area contributed by atoms with Gasteiger partial charge in [-0.05, 0) is 78.9 Å². The summed E-state index contributed by atoms with van der Waals surface area (Å²) in [7, 11) is 0. The van der Waals surface area contributed by atoms with E-state index in [1.54, 1.807) is 0 Å². The van der Waals surface area contributed by atoms with Gasteiger partial charge in [0.15, 0.2) is 0 Å². The van der Waals surface area contributed by atoms with Crippen LogP contribution in [0, 0.1) is 6.92 Å². The molecule has 0 fully saturated rings. The largest absolute Gasteiger partial charge is 0.367 e. The fourth-order valence-corrected chi connectivity index (χ4v) is 3.67. The van der Waals surface area contributed by atoms with Crippen molar-refractivity contribution >= 4 is 17.6 Å². The number of thioether (sulfide) groups is 1. The van der Waals surface area contributed by atoms with Crippen molar-refractivity contribution in [1.82, 2.24) is 4.98 Å². The minimum absolute atomic E-state index is 0.420. The van der Waals surface area contributed by atoms with Crippen molar-refractivity contribution < 1.29 is 0 Å². The Balaban J connectivity index is 2.21. The van der Waals surface area contributed by atoms with Gasteiger partial charge < -0.3 is 5.32 Å². The molecule has 0 amide bonds. The highest BCUT2D eigenvalue weighted by atomic mass is 32.2. The van der Waals surface area contributed by atoms with Crippen molar-refractivity contribution in [3.05, 3.63) is 58.8 Å². The number of hydrogen-bond acceptors (Lipinski definition) is 3. The number of allylic oxidation sites excluding steroid dienone is 5. The van der Waals surface area contributed by atoms with Crippen molar-refractivity contribution in [3.8, 4) is 0 Å². The zero-order valence-electron chi connectivity index (χ0n) is 18.1. The number of aryl methyl sites for hydroxylation is 1. The van der Waals surface area contributed by atoms with Gasteiger partial charge in [0.05, 0.1) is 0 Å². The molecule has 1 N–H and O–H groups in total. The predicted molar refractivity (Wildman–Crippen MR) is 125 cm³/mol. The van der Waals surface area contributed by atoms with Gasteiger partial charge in [-0.15, -0.1) is 0 Å². The van der Waals surface area contributed by atoms with Crippen LogP contribution in [0.4, 0.5) is 5.82 Å². The maximum Gasteiger partial charge on any atom is 0.129 e. The molecule has 1 heterocycles. The van der Waals surface area contributed by atoms with E-state index in [4.69, 9.17) is 0 Å². The molecule has 0 radical (unpaired) electrons.